The maximum absolute atomic E-state index is 12.4. The summed E-state index contributed by atoms with van der Waals surface area (Å²) in [6.45, 7) is 2.50. The molecule has 1 aliphatic carbocycles. The van der Waals surface area contributed by atoms with Gasteiger partial charge in [0.2, 0.25) is 5.91 Å². The summed E-state index contributed by atoms with van der Waals surface area (Å²) in [5.41, 5.74) is 0. The predicted molar refractivity (Wildman–Crippen MR) is 93.6 cm³/mol. The molecular formula is C17H22F3N3O4S. The van der Waals surface area contributed by atoms with Gasteiger partial charge in [0.1, 0.15) is 5.01 Å². The Balaban J connectivity index is 0.000000279. The fourth-order valence-electron chi connectivity index (χ4n) is 3.48. The van der Waals surface area contributed by atoms with Crippen molar-refractivity contribution in [2.45, 2.75) is 56.6 Å². The minimum Gasteiger partial charge on any atom is -0.475 e. The van der Waals surface area contributed by atoms with E-state index in [9.17, 15) is 18.0 Å². The van der Waals surface area contributed by atoms with Gasteiger partial charge in [0.25, 0.3) is 0 Å². The van der Waals surface area contributed by atoms with Gasteiger partial charge >= 0.3 is 12.1 Å². The summed E-state index contributed by atoms with van der Waals surface area (Å²) in [4.78, 5) is 28.1. The quantitative estimate of drug-likeness (QED) is 0.773. The zero-order chi connectivity index (χ0) is 20.3. The van der Waals surface area contributed by atoms with Gasteiger partial charge in [-0.2, -0.15) is 13.2 Å². The van der Waals surface area contributed by atoms with Crippen LogP contribution in [0, 0.1) is 5.92 Å². The number of thiazole rings is 1. The lowest BCUT2D eigenvalue weighted by Gasteiger charge is -2.39. The molecule has 0 aromatic carbocycles. The highest BCUT2D eigenvalue weighted by molar-refractivity contribution is 7.09. The summed E-state index contributed by atoms with van der Waals surface area (Å²) >= 11 is 1.69. The van der Waals surface area contributed by atoms with E-state index >= 15 is 0 Å². The number of hydrogen-bond donors (Lipinski definition) is 2. The molecule has 11 heteroatoms. The van der Waals surface area contributed by atoms with Crippen molar-refractivity contribution in [3.63, 3.8) is 0 Å². The van der Waals surface area contributed by atoms with Gasteiger partial charge in [-0.05, 0) is 25.7 Å². The zero-order valence-electron chi connectivity index (χ0n) is 15.0. The van der Waals surface area contributed by atoms with Crippen LogP contribution in [0.3, 0.4) is 0 Å². The summed E-state index contributed by atoms with van der Waals surface area (Å²) in [7, 11) is 0. The SMILES string of the molecule is O=C(NC1CC1)[C@H]1C[C@H]2OCC[C@H]2N(Cc2nccs2)C1.O=C(O)C(F)(F)F. The number of nitrogens with zero attached hydrogens (tertiary/aromatic N) is 2. The van der Waals surface area contributed by atoms with Crippen LogP contribution in [0.25, 0.3) is 0 Å². The number of likely N-dealkylation sites (tertiary alicyclic amines) is 1. The molecule has 1 saturated carbocycles. The van der Waals surface area contributed by atoms with Crippen LogP contribution >= 0.6 is 11.3 Å². The number of carbonyl (C=O) groups excluding carboxylic acids is 1. The molecule has 3 atom stereocenters. The standard InChI is InChI=1S/C15H21N3O2S.C2HF3O2/c19-15(17-11-1-2-11)10-7-13-12(3-5-20-13)18(8-10)9-14-16-4-6-21-14;3-2(4,5)1(6)7/h4,6,10-13H,1-3,5,7-9H2,(H,17,19);(H,6,7)/t10-,12+,13+;/m0./s1. The molecule has 2 saturated heterocycles. The zero-order valence-corrected chi connectivity index (χ0v) is 15.8. The Morgan fingerprint density at radius 2 is 2.07 bits per heavy atom. The third-order valence-corrected chi connectivity index (χ3v) is 5.74. The van der Waals surface area contributed by atoms with E-state index in [0.29, 0.717) is 12.1 Å². The summed E-state index contributed by atoms with van der Waals surface area (Å²) in [5.74, 6) is -2.48. The Hall–Kier alpha value is -1.72. The Labute approximate surface area is 163 Å². The first-order valence-corrected chi connectivity index (χ1v) is 9.96. The molecule has 0 unspecified atom stereocenters. The van der Waals surface area contributed by atoms with E-state index in [0.717, 1.165) is 50.4 Å². The van der Waals surface area contributed by atoms with Gasteiger partial charge in [-0.3, -0.25) is 9.69 Å². The van der Waals surface area contributed by atoms with Crippen molar-refractivity contribution in [2.75, 3.05) is 13.2 Å². The van der Waals surface area contributed by atoms with Crippen molar-refractivity contribution in [2.24, 2.45) is 5.92 Å². The number of ether oxygens (including phenoxy) is 1. The van der Waals surface area contributed by atoms with Crippen molar-refractivity contribution in [3.05, 3.63) is 16.6 Å². The van der Waals surface area contributed by atoms with Crippen molar-refractivity contribution >= 4 is 23.2 Å². The Morgan fingerprint density at radius 1 is 1.36 bits per heavy atom. The maximum atomic E-state index is 12.4. The Bertz CT molecular complexity index is 682. The highest BCUT2D eigenvalue weighted by Crippen LogP contribution is 2.33. The lowest BCUT2D eigenvalue weighted by molar-refractivity contribution is -0.192. The molecule has 0 radical (unpaired) electrons. The van der Waals surface area contributed by atoms with Gasteiger partial charge in [-0.15, -0.1) is 11.3 Å². The molecule has 1 aromatic rings. The molecule has 1 amide bonds. The van der Waals surface area contributed by atoms with Gasteiger partial charge in [0, 0.05) is 36.8 Å². The van der Waals surface area contributed by atoms with Gasteiger partial charge in [-0.1, -0.05) is 0 Å². The van der Waals surface area contributed by atoms with Crippen LogP contribution < -0.4 is 5.32 Å². The van der Waals surface area contributed by atoms with E-state index in [1.807, 2.05) is 11.6 Å². The van der Waals surface area contributed by atoms with Crippen molar-refractivity contribution < 1.29 is 32.6 Å². The number of carboxylic acids is 1. The lowest BCUT2D eigenvalue weighted by atomic mass is 9.89. The molecule has 1 aromatic heterocycles. The fraction of sp³-hybridized carbons (Fsp3) is 0.706. The Kier molecular flexibility index (Phi) is 6.56. The fourth-order valence-corrected chi connectivity index (χ4v) is 4.12. The van der Waals surface area contributed by atoms with Crippen molar-refractivity contribution in [3.8, 4) is 0 Å². The van der Waals surface area contributed by atoms with Crippen LogP contribution in [0.15, 0.2) is 11.6 Å². The molecule has 3 aliphatic rings. The number of fused-ring (bicyclic) bond motifs is 1. The highest BCUT2D eigenvalue weighted by atomic mass is 32.1. The molecule has 3 heterocycles. The number of amides is 1. The molecule has 0 bridgehead atoms. The minimum absolute atomic E-state index is 0.0601. The second-order valence-electron chi connectivity index (χ2n) is 7.14. The van der Waals surface area contributed by atoms with Gasteiger partial charge < -0.3 is 15.2 Å². The number of hydrogen-bond acceptors (Lipinski definition) is 6. The number of rotatable bonds is 4. The second kappa shape index (κ2) is 8.75. The molecule has 2 aliphatic heterocycles. The van der Waals surface area contributed by atoms with Crippen molar-refractivity contribution in [1.82, 2.24) is 15.2 Å². The normalized spacial score (nSPS) is 27.5. The monoisotopic (exact) mass is 421 g/mol. The van der Waals surface area contributed by atoms with E-state index < -0.39 is 12.1 Å². The number of aromatic nitrogens is 1. The van der Waals surface area contributed by atoms with E-state index in [2.05, 4.69) is 15.2 Å². The second-order valence-corrected chi connectivity index (χ2v) is 8.12. The largest absolute Gasteiger partial charge is 0.490 e. The number of carboxylic acid groups (broad SMARTS) is 1. The van der Waals surface area contributed by atoms with Gasteiger partial charge in [0.05, 0.1) is 18.6 Å². The molecule has 2 N–H and O–H groups in total. The van der Waals surface area contributed by atoms with Crippen molar-refractivity contribution in [1.29, 1.82) is 0 Å². The number of carbonyl (C=O) groups is 2. The molecule has 4 rings (SSSR count). The van der Waals surface area contributed by atoms with Crippen LogP contribution in [0.5, 0.6) is 0 Å². The molecule has 0 spiro atoms. The van der Waals surface area contributed by atoms with Crippen LogP contribution in [-0.4, -0.2) is 64.4 Å². The molecule has 156 valence electrons. The summed E-state index contributed by atoms with van der Waals surface area (Å²) in [6, 6.07) is 0.894. The first-order chi connectivity index (χ1) is 13.2. The van der Waals surface area contributed by atoms with E-state index in [1.54, 1.807) is 11.3 Å². The molecule has 7 nitrogen and oxygen atoms in total. The van der Waals surface area contributed by atoms with Gasteiger partial charge in [0.15, 0.2) is 0 Å². The molecule has 3 fully saturated rings. The number of piperidine rings is 1. The molecule has 28 heavy (non-hydrogen) atoms. The van der Waals surface area contributed by atoms with Crippen LogP contribution in [0.1, 0.15) is 30.7 Å². The summed E-state index contributed by atoms with van der Waals surface area (Å²) < 4.78 is 37.6. The topological polar surface area (TPSA) is 91.8 Å². The van der Waals surface area contributed by atoms with Crippen LogP contribution in [0.2, 0.25) is 0 Å². The number of nitrogens with one attached hydrogen (secondary N) is 1. The average Bonchev–Trinajstić information content (AvgIpc) is 3.09. The summed E-state index contributed by atoms with van der Waals surface area (Å²) in [5, 5.41) is 13.4. The highest BCUT2D eigenvalue weighted by Gasteiger charge is 2.43. The summed E-state index contributed by atoms with van der Waals surface area (Å²) in [6.07, 6.45) is 1.22. The maximum Gasteiger partial charge on any atom is 0.490 e. The van der Waals surface area contributed by atoms with Crippen LogP contribution in [0.4, 0.5) is 13.2 Å². The molecular weight excluding hydrogens is 399 g/mol. The number of aliphatic carboxylic acids is 1. The third kappa shape index (κ3) is 5.65. The average molecular weight is 421 g/mol. The van der Waals surface area contributed by atoms with Crippen LogP contribution in [-0.2, 0) is 20.9 Å². The predicted octanol–water partition coefficient (Wildman–Crippen LogP) is 2.03. The minimum atomic E-state index is -5.08. The van der Waals surface area contributed by atoms with E-state index in [4.69, 9.17) is 14.6 Å². The smallest absolute Gasteiger partial charge is 0.475 e. The first-order valence-electron chi connectivity index (χ1n) is 9.08. The number of alkyl halides is 3. The van der Waals surface area contributed by atoms with E-state index in [-0.39, 0.29) is 17.9 Å². The number of halogens is 3. The Morgan fingerprint density at radius 3 is 2.64 bits per heavy atom. The first kappa shape index (κ1) is 21.0. The van der Waals surface area contributed by atoms with Gasteiger partial charge in [-0.25, -0.2) is 9.78 Å². The van der Waals surface area contributed by atoms with E-state index in [1.165, 1.54) is 0 Å². The lowest BCUT2D eigenvalue weighted by Crippen LogP contribution is -2.52. The third-order valence-electron chi connectivity index (χ3n) is 4.97.